The third-order valence-electron chi connectivity index (χ3n) is 4.01. The highest BCUT2D eigenvalue weighted by Gasteiger charge is 2.21. The summed E-state index contributed by atoms with van der Waals surface area (Å²) < 4.78 is 5.29. The Kier molecular flexibility index (Phi) is 6.05. The van der Waals surface area contributed by atoms with Gasteiger partial charge in [0.2, 0.25) is 11.8 Å². The van der Waals surface area contributed by atoms with Crippen molar-refractivity contribution in [2.75, 3.05) is 5.73 Å². The van der Waals surface area contributed by atoms with Crippen LogP contribution >= 0.6 is 0 Å². The number of carboxylic acid groups (broad SMARTS) is 2. The number of nitrogens with one attached hydrogen (secondary N) is 2. The normalized spacial score (nSPS) is 12.1. The second-order valence-electron chi connectivity index (χ2n) is 6.26. The number of aliphatic carboxylic acids is 2. The largest absolute Gasteiger partial charge is 0.481 e. The fourth-order valence-electron chi connectivity index (χ4n) is 2.52. The summed E-state index contributed by atoms with van der Waals surface area (Å²) in [4.78, 5) is 59.9. The summed E-state index contributed by atoms with van der Waals surface area (Å²) in [7, 11) is 0. The summed E-state index contributed by atoms with van der Waals surface area (Å²) in [6, 6.07) is 4.48. The highest BCUT2D eigenvalue weighted by molar-refractivity contribution is 5.97. The Balaban J connectivity index is 1.69. The number of hydrogen-bond acceptors (Lipinski definition) is 9. The number of benzene rings is 1. The quantitative estimate of drug-likeness (QED) is 0.309. The molecular formula is C18H16N6O7. The van der Waals surface area contributed by atoms with E-state index in [9.17, 15) is 19.2 Å². The highest BCUT2D eigenvalue weighted by atomic mass is 16.4. The Hall–Kier alpha value is -4.55. The molecule has 0 aliphatic carbocycles. The molecule has 0 bridgehead atoms. The molecule has 13 heteroatoms. The van der Waals surface area contributed by atoms with Crippen molar-refractivity contribution in [3.8, 4) is 0 Å². The predicted octanol–water partition coefficient (Wildman–Crippen LogP) is 0.292. The molecule has 13 nitrogen and oxygen atoms in total. The van der Waals surface area contributed by atoms with Gasteiger partial charge < -0.3 is 25.7 Å². The lowest BCUT2D eigenvalue weighted by molar-refractivity contribution is -0.140. The highest BCUT2D eigenvalue weighted by Crippen LogP contribution is 2.15. The van der Waals surface area contributed by atoms with Gasteiger partial charge in [0.25, 0.3) is 17.2 Å². The molecule has 1 amide bonds. The Morgan fingerprint density at radius 2 is 1.94 bits per heavy atom. The molecule has 0 aliphatic rings. The number of fused-ring (bicyclic) bond motifs is 1. The van der Waals surface area contributed by atoms with Crippen LogP contribution in [0.3, 0.4) is 0 Å². The molecule has 31 heavy (non-hydrogen) atoms. The van der Waals surface area contributed by atoms with E-state index in [0.29, 0.717) is 5.69 Å². The molecule has 6 N–H and O–H groups in total. The van der Waals surface area contributed by atoms with E-state index in [1.165, 1.54) is 30.5 Å². The van der Waals surface area contributed by atoms with E-state index in [2.05, 4.69) is 25.3 Å². The summed E-state index contributed by atoms with van der Waals surface area (Å²) in [5.74, 6) is -3.26. The summed E-state index contributed by atoms with van der Waals surface area (Å²) in [6.07, 6.45) is 0.611. The number of anilines is 1. The Morgan fingerprint density at radius 3 is 2.58 bits per heavy atom. The maximum Gasteiger partial charge on any atom is 0.326 e. The van der Waals surface area contributed by atoms with Gasteiger partial charge in [-0.3, -0.25) is 24.4 Å². The molecule has 3 aromatic rings. The fraction of sp³-hybridized carbons (Fsp3) is 0.167. The minimum atomic E-state index is -1.33. The summed E-state index contributed by atoms with van der Waals surface area (Å²) >= 11 is 0. The van der Waals surface area contributed by atoms with Gasteiger partial charge in [-0.25, -0.2) is 9.78 Å². The topological polar surface area (TPSA) is 214 Å². The minimum Gasteiger partial charge on any atom is -0.481 e. The number of hydrogen-bond donors (Lipinski definition) is 5. The van der Waals surface area contributed by atoms with Crippen LogP contribution in [0, 0.1) is 0 Å². The first kappa shape index (κ1) is 21.2. The van der Waals surface area contributed by atoms with Crippen LogP contribution in [0.4, 0.5) is 11.6 Å². The van der Waals surface area contributed by atoms with Gasteiger partial charge in [0.1, 0.15) is 6.04 Å². The molecule has 0 fully saturated rings. The summed E-state index contributed by atoms with van der Waals surface area (Å²) in [6.45, 7) is 0. The number of aromatic nitrogens is 3. The molecule has 0 radical (unpaired) electrons. The second-order valence-corrected chi connectivity index (χ2v) is 6.26. The zero-order chi connectivity index (χ0) is 22.5. The number of H-pyrrole nitrogens is 1. The molecular weight excluding hydrogens is 412 g/mol. The predicted molar refractivity (Wildman–Crippen MR) is 106 cm³/mol. The number of carbonyl (C=O) groups excluding carboxylic acids is 1. The van der Waals surface area contributed by atoms with E-state index in [4.69, 9.17) is 20.4 Å². The van der Waals surface area contributed by atoms with E-state index < -0.39 is 35.9 Å². The van der Waals surface area contributed by atoms with Crippen LogP contribution in [0.1, 0.15) is 29.1 Å². The van der Waals surface area contributed by atoms with Gasteiger partial charge in [-0.2, -0.15) is 4.98 Å². The summed E-state index contributed by atoms with van der Waals surface area (Å²) in [5.41, 5.74) is 5.40. The smallest absolute Gasteiger partial charge is 0.326 e. The molecule has 1 atom stereocenters. The Labute approximate surface area is 172 Å². The summed E-state index contributed by atoms with van der Waals surface area (Å²) in [5, 5.41) is 20.1. The minimum absolute atomic E-state index is 0.0168. The van der Waals surface area contributed by atoms with Gasteiger partial charge in [-0.05, 0) is 30.7 Å². The SMILES string of the molecule is Nc1nc2oc(C=Nc3ccc(C(=O)N[C@@H](CCC(=O)O)C(=O)O)cc3)nc2c(=O)[nH]1. The van der Waals surface area contributed by atoms with E-state index in [1.807, 2.05) is 0 Å². The van der Waals surface area contributed by atoms with Crippen molar-refractivity contribution in [1.82, 2.24) is 20.3 Å². The van der Waals surface area contributed by atoms with E-state index in [1.54, 1.807) is 0 Å². The van der Waals surface area contributed by atoms with Crippen LogP contribution in [-0.4, -0.2) is 55.3 Å². The standard InChI is InChI=1S/C18H16N6O7/c19-18-23-15(28)13-16(24-18)31-11(22-13)7-20-9-3-1-8(2-4-9)14(27)21-10(17(29)30)5-6-12(25)26/h1-4,7,10H,5-6H2,(H,21,27)(H,25,26)(H,29,30)(H3,19,23,24,28)/t10-/m0/s1. The van der Waals surface area contributed by atoms with Gasteiger partial charge in [-0.1, -0.05) is 0 Å². The van der Waals surface area contributed by atoms with Crippen LogP contribution in [0.5, 0.6) is 0 Å². The molecule has 0 spiro atoms. The Morgan fingerprint density at radius 1 is 1.23 bits per heavy atom. The average molecular weight is 428 g/mol. The lowest BCUT2D eigenvalue weighted by atomic mass is 10.1. The number of nitrogen functional groups attached to an aromatic ring is 1. The molecule has 3 rings (SSSR count). The molecule has 160 valence electrons. The van der Waals surface area contributed by atoms with Gasteiger partial charge in [0, 0.05) is 12.0 Å². The number of carbonyl (C=O) groups is 3. The van der Waals surface area contributed by atoms with Crippen molar-refractivity contribution >= 4 is 46.9 Å². The molecule has 2 heterocycles. The van der Waals surface area contributed by atoms with Crippen LogP contribution in [0.25, 0.3) is 11.2 Å². The van der Waals surface area contributed by atoms with Gasteiger partial charge >= 0.3 is 11.9 Å². The number of aromatic amines is 1. The number of oxazole rings is 1. The Bertz CT molecular complexity index is 1230. The van der Waals surface area contributed by atoms with Crippen LogP contribution < -0.4 is 16.6 Å². The zero-order valence-electron chi connectivity index (χ0n) is 15.7. The van der Waals surface area contributed by atoms with Crippen LogP contribution in [0.15, 0.2) is 38.5 Å². The van der Waals surface area contributed by atoms with E-state index in [0.717, 1.165) is 0 Å². The van der Waals surface area contributed by atoms with Gasteiger partial charge in [0.15, 0.2) is 5.52 Å². The first-order valence-corrected chi connectivity index (χ1v) is 8.79. The zero-order valence-corrected chi connectivity index (χ0v) is 15.7. The van der Waals surface area contributed by atoms with Crippen molar-refractivity contribution in [1.29, 1.82) is 0 Å². The lowest BCUT2D eigenvalue weighted by Gasteiger charge is -2.13. The lowest BCUT2D eigenvalue weighted by Crippen LogP contribution is -2.41. The van der Waals surface area contributed by atoms with Crippen LogP contribution in [0.2, 0.25) is 0 Å². The van der Waals surface area contributed by atoms with Crippen LogP contribution in [-0.2, 0) is 9.59 Å². The first-order valence-electron chi connectivity index (χ1n) is 8.79. The molecule has 0 unspecified atom stereocenters. The van der Waals surface area contributed by atoms with Gasteiger partial charge in [0.05, 0.1) is 11.9 Å². The number of nitrogens with zero attached hydrogens (tertiary/aromatic N) is 3. The monoisotopic (exact) mass is 428 g/mol. The average Bonchev–Trinajstić information content (AvgIpc) is 3.12. The third kappa shape index (κ3) is 5.29. The maximum absolute atomic E-state index is 12.2. The van der Waals surface area contributed by atoms with E-state index in [-0.39, 0.29) is 35.1 Å². The van der Waals surface area contributed by atoms with Crippen molar-refractivity contribution in [3.05, 3.63) is 46.1 Å². The van der Waals surface area contributed by atoms with E-state index >= 15 is 0 Å². The first-order chi connectivity index (χ1) is 14.7. The third-order valence-corrected chi connectivity index (χ3v) is 4.01. The molecule has 1 aromatic carbocycles. The number of nitrogens with two attached hydrogens (primary N) is 1. The maximum atomic E-state index is 12.2. The number of carboxylic acids is 2. The number of aliphatic imine (C=N–C) groups is 1. The van der Waals surface area contributed by atoms with Gasteiger partial charge in [-0.15, -0.1) is 0 Å². The fourth-order valence-corrected chi connectivity index (χ4v) is 2.52. The van der Waals surface area contributed by atoms with Crippen molar-refractivity contribution in [3.63, 3.8) is 0 Å². The molecule has 2 aromatic heterocycles. The van der Waals surface area contributed by atoms with Crippen molar-refractivity contribution < 1.29 is 29.0 Å². The second kappa shape index (κ2) is 8.86. The number of rotatable bonds is 8. The van der Waals surface area contributed by atoms with Crippen molar-refractivity contribution in [2.24, 2.45) is 4.99 Å². The number of amides is 1. The molecule has 0 aliphatic heterocycles. The van der Waals surface area contributed by atoms with Crippen molar-refractivity contribution in [2.45, 2.75) is 18.9 Å². The molecule has 0 saturated carbocycles. The molecule has 0 saturated heterocycles.